The molecule has 0 amide bonds. The van der Waals surface area contributed by atoms with Crippen LogP contribution in [-0.4, -0.2) is 71.9 Å². The lowest BCUT2D eigenvalue weighted by atomic mass is 10.3. The molecular weight excluding hydrogens is 475 g/mol. The standard InChI is InChI=1S/C19H22Cl2N8O2S/c1-12(32(30,31)27-17-5-3-4-15(20)25-17)23-18-13-10-16(21)22-11-14(13)24-19(26-18)29-8-6-28(2)7-9-29/h3-5,10-12H,6-9H2,1-2H3,(H,25,27)(H,23,24,26). The Bertz CT molecular complexity index is 1240. The molecule has 1 atom stereocenters. The molecule has 0 aromatic carbocycles. The topological polar surface area (TPSA) is 116 Å². The van der Waals surface area contributed by atoms with E-state index in [4.69, 9.17) is 23.2 Å². The van der Waals surface area contributed by atoms with Gasteiger partial charge in [0.1, 0.15) is 27.3 Å². The van der Waals surface area contributed by atoms with Crippen LogP contribution in [0.15, 0.2) is 30.5 Å². The van der Waals surface area contributed by atoms with Gasteiger partial charge in [0, 0.05) is 31.6 Å². The van der Waals surface area contributed by atoms with Gasteiger partial charge in [-0.1, -0.05) is 29.3 Å². The number of nitrogens with zero attached hydrogens (tertiary/aromatic N) is 6. The average molecular weight is 497 g/mol. The molecule has 13 heteroatoms. The van der Waals surface area contributed by atoms with E-state index in [1.165, 1.54) is 13.0 Å². The molecule has 1 aliphatic heterocycles. The van der Waals surface area contributed by atoms with Crippen LogP contribution in [0.5, 0.6) is 0 Å². The van der Waals surface area contributed by atoms with E-state index >= 15 is 0 Å². The Morgan fingerprint density at radius 3 is 2.53 bits per heavy atom. The van der Waals surface area contributed by atoms with E-state index in [-0.39, 0.29) is 16.1 Å². The van der Waals surface area contributed by atoms with Crippen molar-refractivity contribution in [1.29, 1.82) is 0 Å². The summed E-state index contributed by atoms with van der Waals surface area (Å²) >= 11 is 11.9. The Morgan fingerprint density at radius 1 is 1.06 bits per heavy atom. The first-order valence-corrected chi connectivity index (χ1v) is 12.2. The molecule has 1 aliphatic rings. The number of aromatic nitrogens is 4. The first kappa shape index (κ1) is 22.7. The molecule has 2 N–H and O–H groups in total. The molecule has 3 aromatic heterocycles. The third-order valence-corrected chi connectivity index (χ3v) is 7.05. The van der Waals surface area contributed by atoms with Crippen molar-refractivity contribution in [3.63, 3.8) is 0 Å². The van der Waals surface area contributed by atoms with E-state index in [0.717, 1.165) is 26.2 Å². The van der Waals surface area contributed by atoms with Crippen molar-refractivity contribution in [3.05, 3.63) is 40.8 Å². The van der Waals surface area contributed by atoms with Crippen molar-refractivity contribution < 1.29 is 8.42 Å². The molecule has 3 aromatic rings. The molecule has 0 aliphatic carbocycles. The van der Waals surface area contributed by atoms with Crippen LogP contribution in [-0.2, 0) is 10.0 Å². The van der Waals surface area contributed by atoms with E-state index in [9.17, 15) is 8.42 Å². The smallest absolute Gasteiger partial charge is 0.254 e. The molecule has 1 fully saturated rings. The Hall–Kier alpha value is -2.47. The molecule has 1 unspecified atom stereocenters. The fraction of sp³-hybridized carbons (Fsp3) is 0.368. The number of anilines is 3. The summed E-state index contributed by atoms with van der Waals surface area (Å²) in [5, 5.41) is 2.96. The largest absolute Gasteiger partial charge is 0.352 e. The molecular formula is C19H22Cl2N8O2S. The van der Waals surface area contributed by atoms with E-state index in [1.807, 2.05) is 0 Å². The fourth-order valence-corrected chi connectivity index (χ4v) is 4.39. The lowest BCUT2D eigenvalue weighted by Gasteiger charge is -2.32. The van der Waals surface area contributed by atoms with Crippen LogP contribution < -0.4 is 14.9 Å². The highest BCUT2D eigenvalue weighted by Crippen LogP contribution is 2.27. The SMILES string of the molecule is CC(Nc1nc(N2CCN(C)CC2)nc2cnc(Cl)cc12)S(=O)(=O)Nc1cccc(Cl)n1. The second-order valence-electron chi connectivity index (χ2n) is 7.47. The van der Waals surface area contributed by atoms with E-state index in [1.54, 1.807) is 24.4 Å². The molecule has 10 nitrogen and oxygen atoms in total. The monoisotopic (exact) mass is 496 g/mol. The van der Waals surface area contributed by atoms with Gasteiger partial charge in [-0.05, 0) is 32.2 Å². The van der Waals surface area contributed by atoms with E-state index in [0.29, 0.717) is 22.7 Å². The second-order valence-corrected chi connectivity index (χ2v) is 10.2. The molecule has 4 heterocycles. The minimum absolute atomic E-state index is 0.129. The summed E-state index contributed by atoms with van der Waals surface area (Å²) in [6, 6.07) is 6.30. The third kappa shape index (κ3) is 5.12. The van der Waals surface area contributed by atoms with Crippen LogP contribution in [0, 0.1) is 0 Å². The summed E-state index contributed by atoms with van der Waals surface area (Å²) in [6.45, 7) is 4.80. The van der Waals surface area contributed by atoms with Gasteiger partial charge < -0.3 is 15.1 Å². The van der Waals surface area contributed by atoms with E-state index in [2.05, 4.69) is 46.8 Å². The Kier molecular flexibility index (Phi) is 6.52. The van der Waals surface area contributed by atoms with Crippen LogP contribution >= 0.6 is 23.2 Å². The minimum atomic E-state index is -3.86. The summed E-state index contributed by atoms with van der Waals surface area (Å²) in [5.41, 5.74) is 0.565. The highest BCUT2D eigenvalue weighted by Gasteiger charge is 2.24. The van der Waals surface area contributed by atoms with Gasteiger partial charge in [0.2, 0.25) is 5.95 Å². The third-order valence-electron chi connectivity index (χ3n) is 5.09. The maximum absolute atomic E-state index is 12.9. The average Bonchev–Trinajstić information content (AvgIpc) is 2.74. The molecule has 4 rings (SSSR count). The van der Waals surface area contributed by atoms with Crippen molar-refractivity contribution in [2.45, 2.75) is 12.3 Å². The zero-order valence-electron chi connectivity index (χ0n) is 17.5. The number of pyridine rings is 2. The summed E-state index contributed by atoms with van der Waals surface area (Å²) in [6.07, 6.45) is 1.55. The van der Waals surface area contributed by atoms with Crippen LogP contribution in [0.4, 0.5) is 17.6 Å². The fourth-order valence-electron chi connectivity index (χ4n) is 3.22. The Balaban J connectivity index is 1.65. The van der Waals surface area contributed by atoms with Gasteiger partial charge >= 0.3 is 0 Å². The molecule has 0 saturated carbocycles. The number of rotatable bonds is 6. The number of fused-ring (bicyclic) bond motifs is 1. The number of hydrogen-bond acceptors (Lipinski definition) is 9. The normalized spacial score (nSPS) is 16.2. The molecule has 1 saturated heterocycles. The quantitative estimate of drug-likeness (QED) is 0.496. The molecule has 0 bridgehead atoms. The zero-order valence-corrected chi connectivity index (χ0v) is 19.8. The predicted octanol–water partition coefficient (Wildman–Crippen LogP) is 2.68. The van der Waals surface area contributed by atoms with Crippen LogP contribution in [0.1, 0.15) is 6.92 Å². The van der Waals surface area contributed by atoms with Crippen LogP contribution in [0.2, 0.25) is 10.3 Å². The van der Waals surface area contributed by atoms with Gasteiger partial charge in [-0.2, -0.15) is 4.98 Å². The van der Waals surface area contributed by atoms with Gasteiger partial charge in [-0.25, -0.2) is 23.4 Å². The van der Waals surface area contributed by atoms with Crippen molar-refractivity contribution in [2.75, 3.05) is 48.2 Å². The van der Waals surface area contributed by atoms with Gasteiger partial charge in [-0.3, -0.25) is 4.72 Å². The van der Waals surface area contributed by atoms with Gasteiger partial charge in [-0.15, -0.1) is 0 Å². The van der Waals surface area contributed by atoms with Crippen LogP contribution in [0.3, 0.4) is 0 Å². The number of sulfonamides is 1. The summed E-state index contributed by atoms with van der Waals surface area (Å²) in [7, 11) is -1.80. The summed E-state index contributed by atoms with van der Waals surface area (Å²) in [5.74, 6) is 0.987. The molecule has 170 valence electrons. The number of likely N-dealkylation sites (N-methyl/N-ethyl adjacent to an activating group) is 1. The lowest BCUT2D eigenvalue weighted by molar-refractivity contribution is 0.311. The van der Waals surface area contributed by atoms with Gasteiger partial charge in [0.25, 0.3) is 10.0 Å². The predicted molar refractivity (Wildman–Crippen MR) is 127 cm³/mol. The maximum atomic E-state index is 12.9. The van der Waals surface area contributed by atoms with Gasteiger partial charge in [0.05, 0.1) is 11.7 Å². The van der Waals surface area contributed by atoms with Crippen LogP contribution in [0.25, 0.3) is 10.9 Å². The lowest BCUT2D eigenvalue weighted by Crippen LogP contribution is -2.45. The van der Waals surface area contributed by atoms with E-state index < -0.39 is 15.4 Å². The molecule has 0 spiro atoms. The Labute approximate surface area is 196 Å². The molecule has 32 heavy (non-hydrogen) atoms. The Morgan fingerprint density at radius 2 is 1.81 bits per heavy atom. The number of piperazine rings is 1. The van der Waals surface area contributed by atoms with Crippen molar-refractivity contribution in [2.24, 2.45) is 0 Å². The highest BCUT2D eigenvalue weighted by molar-refractivity contribution is 7.93. The second kappa shape index (κ2) is 9.18. The molecule has 0 radical (unpaired) electrons. The summed E-state index contributed by atoms with van der Waals surface area (Å²) < 4.78 is 28.2. The highest BCUT2D eigenvalue weighted by atomic mass is 35.5. The van der Waals surface area contributed by atoms with Crippen molar-refractivity contribution in [3.8, 4) is 0 Å². The number of halogens is 2. The first-order chi connectivity index (χ1) is 15.2. The number of nitrogens with one attached hydrogen (secondary N) is 2. The maximum Gasteiger partial charge on any atom is 0.254 e. The van der Waals surface area contributed by atoms with Crippen molar-refractivity contribution >= 4 is 61.7 Å². The number of hydrogen-bond donors (Lipinski definition) is 2. The summed E-state index contributed by atoms with van der Waals surface area (Å²) in [4.78, 5) is 21.6. The minimum Gasteiger partial charge on any atom is -0.352 e. The van der Waals surface area contributed by atoms with Gasteiger partial charge in [0.15, 0.2) is 0 Å². The first-order valence-electron chi connectivity index (χ1n) is 9.89. The zero-order chi connectivity index (χ0) is 22.9. The van der Waals surface area contributed by atoms with Crippen molar-refractivity contribution in [1.82, 2.24) is 24.8 Å².